The largest absolute Gasteiger partial charge is 0.390 e. The molecule has 0 aromatic heterocycles. The van der Waals surface area contributed by atoms with Crippen molar-refractivity contribution in [1.29, 1.82) is 0 Å². The number of hydrogen-bond acceptors (Lipinski definition) is 2. The first-order valence-corrected chi connectivity index (χ1v) is 9.72. The average Bonchev–Trinajstić information content (AvgIpc) is 2.83. The number of Topliss-reactive ketones (excluding diaryl/α,β-unsaturated/α-hetero) is 1. The minimum absolute atomic E-state index is 0.0637. The van der Waals surface area contributed by atoms with Crippen molar-refractivity contribution in [3.8, 4) is 0 Å². The summed E-state index contributed by atoms with van der Waals surface area (Å²) in [7, 11) is 0. The molecule has 4 aliphatic carbocycles. The normalized spacial score (nSPS) is 54.5. The Labute approximate surface area is 135 Å². The van der Waals surface area contributed by atoms with Crippen LogP contribution in [0.15, 0.2) is 0 Å². The molecule has 0 unspecified atom stereocenters. The van der Waals surface area contributed by atoms with Crippen LogP contribution < -0.4 is 0 Å². The SMILES string of the molecule is CC[C@]12CC[C@H]3[C@@H](CC[C@@H]4C[C@](C)(O)CC[C@@H]43)[C@@H]1CCC2=O. The average molecular weight is 304 g/mol. The molecule has 4 saturated carbocycles. The molecule has 0 saturated heterocycles. The molecular weight excluding hydrogens is 272 g/mol. The molecule has 0 amide bonds. The topological polar surface area (TPSA) is 37.3 Å². The maximum atomic E-state index is 12.6. The summed E-state index contributed by atoms with van der Waals surface area (Å²) in [6.45, 7) is 4.29. The molecule has 7 atom stereocenters. The zero-order valence-electron chi connectivity index (χ0n) is 14.3. The van der Waals surface area contributed by atoms with Crippen molar-refractivity contribution in [2.75, 3.05) is 0 Å². The molecule has 0 spiro atoms. The lowest BCUT2D eigenvalue weighted by atomic mass is 9.49. The van der Waals surface area contributed by atoms with Gasteiger partial charge in [0.05, 0.1) is 5.60 Å². The highest BCUT2D eigenvalue weighted by molar-refractivity contribution is 5.87. The molecule has 124 valence electrons. The minimum Gasteiger partial charge on any atom is -0.390 e. The Morgan fingerprint density at radius 3 is 2.59 bits per heavy atom. The van der Waals surface area contributed by atoms with Gasteiger partial charge in [0.25, 0.3) is 0 Å². The van der Waals surface area contributed by atoms with Crippen molar-refractivity contribution in [2.45, 2.75) is 83.7 Å². The molecular formula is C20H32O2. The van der Waals surface area contributed by atoms with Gasteiger partial charge in [0.15, 0.2) is 0 Å². The van der Waals surface area contributed by atoms with E-state index in [-0.39, 0.29) is 5.41 Å². The maximum absolute atomic E-state index is 12.6. The summed E-state index contributed by atoms with van der Waals surface area (Å²) in [5.74, 6) is 4.52. The minimum atomic E-state index is -0.417. The zero-order chi connectivity index (χ0) is 15.5. The second kappa shape index (κ2) is 5.06. The van der Waals surface area contributed by atoms with Gasteiger partial charge in [-0.15, -0.1) is 0 Å². The van der Waals surface area contributed by atoms with E-state index in [1.165, 1.54) is 32.1 Å². The first-order valence-electron chi connectivity index (χ1n) is 9.72. The van der Waals surface area contributed by atoms with Crippen molar-refractivity contribution in [3.63, 3.8) is 0 Å². The monoisotopic (exact) mass is 304 g/mol. The highest BCUT2D eigenvalue weighted by Gasteiger charge is 2.58. The Kier molecular flexibility index (Phi) is 3.49. The van der Waals surface area contributed by atoms with Crippen LogP contribution in [0.5, 0.6) is 0 Å². The van der Waals surface area contributed by atoms with Crippen molar-refractivity contribution < 1.29 is 9.90 Å². The van der Waals surface area contributed by atoms with E-state index in [2.05, 4.69) is 6.92 Å². The summed E-state index contributed by atoms with van der Waals surface area (Å²) in [5.41, 5.74) is -0.354. The number of carbonyl (C=O) groups is 1. The molecule has 0 radical (unpaired) electrons. The van der Waals surface area contributed by atoms with E-state index >= 15 is 0 Å². The van der Waals surface area contributed by atoms with Crippen molar-refractivity contribution in [3.05, 3.63) is 0 Å². The van der Waals surface area contributed by atoms with Gasteiger partial charge >= 0.3 is 0 Å². The third-order valence-corrected chi connectivity index (χ3v) is 8.31. The Morgan fingerprint density at radius 1 is 1.05 bits per heavy atom. The number of ketones is 1. The van der Waals surface area contributed by atoms with Gasteiger partial charge in [0, 0.05) is 11.8 Å². The van der Waals surface area contributed by atoms with Crippen LogP contribution in [0, 0.1) is 35.0 Å². The second-order valence-electron chi connectivity index (χ2n) is 9.19. The third-order valence-electron chi connectivity index (χ3n) is 8.31. The van der Waals surface area contributed by atoms with Gasteiger partial charge < -0.3 is 5.11 Å². The molecule has 0 aromatic rings. The van der Waals surface area contributed by atoms with Crippen molar-refractivity contribution >= 4 is 5.78 Å². The van der Waals surface area contributed by atoms with E-state index in [0.717, 1.165) is 55.8 Å². The number of aliphatic hydroxyl groups is 1. The number of rotatable bonds is 1. The lowest BCUT2D eigenvalue weighted by molar-refractivity contribution is -0.137. The van der Waals surface area contributed by atoms with Crippen LogP contribution in [-0.4, -0.2) is 16.5 Å². The van der Waals surface area contributed by atoms with E-state index in [1.807, 2.05) is 6.92 Å². The summed E-state index contributed by atoms with van der Waals surface area (Å²) < 4.78 is 0. The van der Waals surface area contributed by atoms with Gasteiger partial charge in [-0.3, -0.25) is 4.79 Å². The van der Waals surface area contributed by atoms with Gasteiger partial charge in [0.1, 0.15) is 5.78 Å². The summed E-state index contributed by atoms with van der Waals surface area (Å²) in [4.78, 5) is 12.6. The number of carbonyl (C=O) groups excluding carboxylic acids is 1. The highest BCUT2D eigenvalue weighted by Crippen LogP contribution is 2.62. The Hall–Kier alpha value is -0.370. The van der Waals surface area contributed by atoms with Crippen LogP contribution in [0.25, 0.3) is 0 Å². The van der Waals surface area contributed by atoms with E-state index < -0.39 is 5.60 Å². The van der Waals surface area contributed by atoms with Gasteiger partial charge in [-0.05, 0) is 94.3 Å². The molecule has 4 rings (SSSR count). The van der Waals surface area contributed by atoms with E-state index in [0.29, 0.717) is 11.7 Å². The summed E-state index contributed by atoms with van der Waals surface area (Å²) in [6.07, 6.45) is 11.4. The lowest BCUT2D eigenvalue weighted by Crippen LogP contribution is -2.51. The Balaban J connectivity index is 1.58. The predicted molar refractivity (Wildman–Crippen MR) is 87.4 cm³/mol. The van der Waals surface area contributed by atoms with Crippen LogP contribution in [-0.2, 0) is 4.79 Å². The Morgan fingerprint density at radius 2 is 1.82 bits per heavy atom. The van der Waals surface area contributed by atoms with Gasteiger partial charge in [0.2, 0.25) is 0 Å². The molecule has 0 aromatic carbocycles. The van der Waals surface area contributed by atoms with Gasteiger partial charge in [-0.2, -0.15) is 0 Å². The van der Waals surface area contributed by atoms with Crippen molar-refractivity contribution in [2.24, 2.45) is 35.0 Å². The molecule has 2 nitrogen and oxygen atoms in total. The van der Waals surface area contributed by atoms with E-state index in [9.17, 15) is 9.90 Å². The standard InChI is InChI=1S/C20H32O2/c1-3-20-11-9-15-14-8-10-19(2,22)12-13(14)4-5-16(15)17(20)6-7-18(20)21/h13-17,22H,3-12H2,1-2H3/t13-,14+,15-,16-,17+,19-,20+/m1/s1. The van der Waals surface area contributed by atoms with Crippen LogP contribution in [0.2, 0.25) is 0 Å². The molecule has 4 fully saturated rings. The molecule has 1 N–H and O–H groups in total. The van der Waals surface area contributed by atoms with Gasteiger partial charge in [-0.25, -0.2) is 0 Å². The first kappa shape index (κ1) is 15.2. The smallest absolute Gasteiger partial charge is 0.139 e. The van der Waals surface area contributed by atoms with Crippen molar-refractivity contribution in [1.82, 2.24) is 0 Å². The van der Waals surface area contributed by atoms with Crippen LogP contribution in [0.4, 0.5) is 0 Å². The molecule has 2 heteroatoms. The Bertz CT molecular complexity index is 468. The quantitative estimate of drug-likeness (QED) is 0.782. The highest BCUT2D eigenvalue weighted by atomic mass is 16.3. The molecule has 4 aliphatic rings. The maximum Gasteiger partial charge on any atom is 0.139 e. The van der Waals surface area contributed by atoms with Crippen LogP contribution >= 0.6 is 0 Å². The number of fused-ring (bicyclic) bond motifs is 5. The van der Waals surface area contributed by atoms with Gasteiger partial charge in [-0.1, -0.05) is 6.92 Å². The summed E-state index contributed by atoms with van der Waals surface area (Å²) in [6, 6.07) is 0. The molecule has 22 heavy (non-hydrogen) atoms. The fraction of sp³-hybridized carbons (Fsp3) is 0.950. The first-order chi connectivity index (χ1) is 10.5. The fourth-order valence-corrected chi connectivity index (χ4v) is 7.30. The number of hydrogen-bond donors (Lipinski definition) is 1. The third kappa shape index (κ3) is 2.05. The van der Waals surface area contributed by atoms with E-state index in [4.69, 9.17) is 0 Å². The molecule has 0 bridgehead atoms. The van der Waals surface area contributed by atoms with E-state index in [1.54, 1.807) is 0 Å². The zero-order valence-corrected chi connectivity index (χ0v) is 14.3. The summed E-state index contributed by atoms with van der Waals surface area (Å²) >= 11 is 0. The lowest BCUT2D eigenvalue weighted by Gasteiger charge is -2.56. The molecule has 0 heterocycles. The van der Waals surface area contributed by atoms with Crippen LogP contribution in [0.1, 0.15) is 78.1 Å². The van der Waals surface area contributed by atoms with Crippen LogP contribution in [0.3, 0.4) is 0 Å². The summed E-state index contributed by atoms with van der Waals surface area (Å²) in [5, 5.41) is 10.4. The second-order valence-corrected chi connectivity index (χ2v) is 9.19. The predicted octanol–water partition coefficient (Wildman–Crippen LogP) is 4.35. The molecule has 0 aliphatic heterocycles. The fourth-order valence-electron chi connectivity index (χ4n) is 7.30.